The molecule has 0 unspecified atom stereocenters. The molecule has 7 nitrogen and oxygen atoms in total. The Labute approximate surface area is 154 Å². The standard InChI is InChI=1S/C17H20F3N7/c1-26(2)9-8-22-16-23-13(12-14(21)27(3)25-15(12)24-16)10-4-6-11(7-5-10)17(18,19)20/h4-7H,8-9,21H2,1-3H3,(H,22,24,25). The van der Waals surface area contributed by atoms with Gasteiger partial charge in [0.25, 0.3) is 0 Å². The number of alkyl halides is 3. The number of nitrogens with zero attached hydrogens (tertiary/aromatic N) is 5. The highest BCUT2D eigenvalue weighted by atomic mass is 19.4. The van der Waals surface area contributed by atoms with Gasteiger partial charge in [0.2, 0.25) is 5.95 Å². The number of anilines is 2. The zero-order chi connectivity index (χ0) is 19.8. The number of nitrogens with one attached hydrogen (secondary N) is 1. The first-order valence-corrected chi connectivity index (χ1v) is 8.23. The highest BCUT2D eigenvalue weighted by Gasteiger charge is 2.30. The van der Waals surface area contributed by atoms with E-state index in [0.29, 0.717) is 40.6 Å². The van der Waals surface area contributed by atoms with Crippen molar-refractivity contribution in [2.45, 2.75) is 6.18 Å². The number of aromatic nitrogens is 4. The topological polar surface area (TPSA) is 84.9 Å². The van der Waals surface area contributed by atoms with Crippen molar-refractivity contribution in [2.75, 3.05) is 38.2 Å². The van der Waals surface area contributed by atoms with Crippen molar-refractivity contribution >= 4 is 22.8 Å². The van der Waals surface area contributed by atoms with E-state index < -0.39 is 11.7 Å². The highest BCUT2D eigenvalue weighted by Crippen LogP contribution is 2.34. The molecule has 3 N–H and O–H groups in total. The van der Waals surface area contributed by atoms with Crippen LogP contribution in [0.15, 0.2) is 24.3 Å². The number of hydrogen-bond donors (Lipinski definition) is 2. The summed E-state index contributed by atoms with van der Waals surface area (Å²) >= 11 is 0. The molecule has 144 valence electrons. The minimum atomic E-state index is -4.40. The summed E-state index contributed by atoms with van der Waals surface area (Å²) in [6, 6.07) is 4.80. The minimum absolute atomic E-state index is 0.345. The molecule has 2 heterocycles. The second-order valence-electron chi connectivity index (χ2n) is 6.41. The lowest BCUT2D eigenvalue weighted by Crippen LogP contribution is -2.21. The maximum atomic E-state index is 12.8. The summed E-state index contributed by atoms with van der Waals surface area (Å²) in [5.41, 5.74) is 6.68. The van der Waals surface area contributed by atoms with Crippen LogP contribution in [-0.4, -0.2) is 51.8 Å². The number of rotatable bonds is 5. The van der Waals surface area contributed by atoms with E-state index in [1.165, 1.54) is 16.8 Å². The number of nitrogen functional groups attached to an aromatic ring is 1. The van der Waals surface area contributed by atoms with Crippen molar-refractivity contribution in [2.24, 2.45) is 7.05 Å². The summed E-state index contributed by atoms with van der Waals surface area (Å²) in [5.74, 6) is 0.692. The minimum Gasteiger partial charge on any atom is -0.383 e. The van der Waals surface area contributed by atoms with E-state index in [-0.39, 0.29) is 0 Å². The summed E-state index contributed by atoms with van der Waals surface area (Å²) in [6.07, 6.45) is -4.40. The van der Waals surface area contributed by atoms with Crippen LogP contribution in [0.25, 0.3) is 22.3 Å². The van der Waals surface area contributed by atoms with Gasteiger partial charge in [-0.2, -0.15) is 23.3 Å². The molecule has 1 aromatic carbocycles. The fourth-order valence-electron chi connectivity index (χ4n) is 2.61. The molecule has 27 heavy (non-hydrogen) atoms. The molecule has 0 saturated heterocycles. The van der Waals surface area contributed by atoms with Crippen LogP contribution in [0.5, 0.6) is 0 Å². The highest BCUT2D eigenvalue weighted by molar-refractivity contribution is 5.98. The van der Waals surface area contributed by atoms with Crippen molar-refractivity contribution in [1.82, 2.24) is 24.6 Å². The van der Waals surface area contributed by atoms with Gasteiger partial charge in [0.1, 0.15) is 5.82 Å². The van der Waals surface area contributed by atoms with Crippen LogP contribution in [-0.2, 0) is 13.2 Å². The average Bonchev–Trinajstić information content (AvgIpc) is 2.87. The lowest BCUT2D eigenvalue weighted by atomic mass is 10.1. The van der Waals surface area contributed by atoms with Crippen LogP contribution in [0.4, 0.5) is 24.9 Å². The summed E-state index contributed by atoms with van der Waals surface area (Å²) in [4.78, 5) is 10.8. The number of hydrogen-bond acceptors (Lipinski definition) is 6. The third-order valence-electron chi connectivity index (χ3n) is 4.07. The molecule has 0 aliphatic heterocycles. The molecule has 0 bridgehead atoms. The van der Waals surface area contributed by atoms with Crippen LogP contribution < -0.4 is 11.1 Å². The normalized spacial score (nSPS) is 12.1. The van der Waals surface area contributed by atoms with E-state index in [2.05, 4.69) is 20.4 Å². The van der Waals surface area contributed by atoms with Crippen LogP contribution in [0, 0.1) is 0 Å². The SMILES string of the molecule is CN(C)CCNc1nc(-c2ccc(C(F)(F)F)cc2)c2c(N)n(C)nc2n1. The largest absolute Gasteiger partial charge is 0.416 e. The van der Waals surface area contributed by atoms with Crippen molar-refractivity contribution in [3.8, 4) is 11.3 Å². The molecule has 0 saturated carbocycles. The van der Waals surface area contributed by atoms with E-state index in [4.69, 9.17) is 5.73 Å². The number of benzene rings is 1. The monoisotopic (exact) mass is 379 g/mol. The molecule has 0 fully saturated rings. The summed E-state index contributed by atoms with van der Waals surface area (Å²) in [7, 11) is 5.56. The Kier molecular flexibility index (Phi) is 4.92. The van der Waals surface area contributed by atoms with Gasteiger partial charge in [-0.05, 0) is 26.2 Å². The Hall–Kier alpha value is -2.88. The second-order valence-corrected chi connectivity index (χ2v) is 6.41. The average molecular weight is 379 g/mol. The van der Waals surface area contributed by atoms with Gasteiger partial charge in [-0.3, -0.25) is 4.68 Å². The van der Waals surface area contributed by atoms with Gasteiger partial charge < -0.3 is 16.0 Å². The number of aryl methyl sites for hydroxylation is 1. The van der Waals surface area contributed by atoms with E-state index in [1.807, 2.05) is 19.0 Å². The maximum absolute atomic E-state index is 12.8. The fourth-order valence-corrected chi connectivity index (χ4v) is 2.61. The Morgan fingerprint density at radius 2 is 1.81 bits per heavy atom. The van der Waals surface area contributed by atoms with Crippen molar-refractivity contribution in [1.29, 1.82) is 0 Å². The van der Waals surface area contributed by atoms with E-state index in [9.17, 15) is 13.2 Å². The first-order chi connectivity index (χ1) is 12.7. The number of fused-ring (bicyclic) bond motifs is 1. The number of halogens is 3. The predicted molar refractivity (Wildman–Crippen MR) is 98.2 cm³/mol. The molecule has 0 atom stereocenters. The quantitative estimate of drug-likeness (QED) is 0.709. The zero-order valence-electron chi connectivity index (χ0n) is 15.2. The Morgan fingerprint density at radius 3 is 2.41 bits per heavy atom. The lowest BCUT2D eigenvalue weighted by molar-refractivity contribution is -0.137. The molecule has 0 amide bonds. The van der Waals surface area contributed by atoms with Crippen LogP contribution in [0.2, 0.25) is 0 Å². The summed E-state index contributed by atoms with van der Waals surface area (Å²) in [6.45, 7) is 1.37. The van der Waals surface area contributed by atoms with Crippen LogP contribution in [0.3, 0.4) is 0 Å². The molecule has 0 aliphatic carbocycles. The molecule has 3 rings (SSSR count). The lowest BCUT2D eigenvalue weighted by Gasteiger charge is -2.12. The van der Waals surface area contributed by atoms with Crippen LogP contribution >= 0.6 is 0 Å². The second kappa shape index (κ2) is 7.03. The van der Waals surface area contributed by atoms with E-state index in [1.54, 1.807) is 7.05 Å². The third-order valence-corrected chi connectivity index (χ3v) is 4.07. The van der Waals surface area contributed by atoms with E-state index in [0.717, 1.165) is 18.7 Å². The van der Waals surface area contributed by atoms with E-state index >= 15 is 0 Å². The Morgan fingerprint density at radius 1 is 1.15 bits per heavy atom. The number of nitrogens with two attached hydrogens (primary N) is 1. The maximum Gasteiger partial charge on any atom is 0.416 e. The molecule has 3 aromatic rings. The smallest absolute Gasteiger partial charge is 0.383 e. The van der Waals surface area contributed by atoms with Gasteiger partial charge in [0, 0.05) is 25.7 Å². The summed E-state index contributed by atoms with van der Waals surface area (Å²) < 4.78 is 40.0. The predicted octanol–water partition coefficient (Wildman–Crippen LogP) is 2.60. The molecular formula is C17H20F3N7. The van der Waals surface area contributed by atoms with Gasteiger partial charge in [-0.25, -0.2) is 4.98 Å². The van der Waals surface area contributed by atoms with Gasteiger partial charge in [0.15, 0.2) is 5.65 Å². The first-order valence-electron chi connectivity index (χ1n) is 8.23. The molecular weight excluding hydrogens is 359 g/mol. The van der Waals surface area contributed by atoms with Gasteiger partial charge in [-0.15, -0.1) is 0 Å². The van der Waals surface area contributed by atoms with Crippen molar-refractivity contribution in [3.05, 3.63) is 29.8 Å². The third kappa shape index (κ3) is 3.95. The first kappa shape index (κ1) is 18.9. The van der Waals surface area contributed by atoms with Crippen LogP contribution in [0.1, 0.15) is 5.56 Å². The van der Waals surface area contributed by atoms with Gasteiger partial charge in [-0.1, -0.05) is 12.1 Å². The molecule has 0 aliphatic rings. The summed E-state index contributed by atoms with van der Waals surface area (Å²) in [5, 5.41) is 7.89. The Bertz CT molecular complexity index is 946. The Balaban J connectivity index is 2.06. The van der Waals surface area contributed by atoms with Gasteiger partial charge in [0.05, 0.1) is 16.6 Å². The molecule has 10 heteroatoms. The molecule has 0 spiro atoms. The van der Waals surface area contributed by atoms with Crippen molar-refractivity contribution in [3.63, 3.8) is 0 Å². The molecule has 2 aromatic heterocycles. The fraction of sp³-hybridized carbons (Fsp3) is 0.353. The van der Waals surface area contributed by atoms with Gasteiger partial charge >= 0.3 is 6.18 Å². The van der Waals surface area contributed by atoms with Crippen molar-refractivity contribution < 1.29 is 13.2 Å². The molecule has 0 radical (unpaired) electrons. The zero-order valence-corrected chi connectivity index (χ0v) is 15.2. The number of likely N-dealkylation sites (N-methyl/N-ethyl adjacent to an activating group) is 1.